The van der Waals surface area contributed by atoms with Crippen LogP contribution in [0.4, 0.5) is 4.79 Å². The quantitative estimate of drug-likeness (QED) is 0.659. The van der Waals surface area contributed by atoms with E-state index in [4.69, 9.17) is 9.84 Å². The van der Waals surface area contributed by atoms with Crippen molar-refractivity contribution < 1.29 is 19.4 Å². The standard InChI is InChI=1S/C10H20N2O4/c1-6(11-5)7(8(13)14)12-9(15)16-10(2,3)4/h6-7,11H,1-5H3,(H,12,15)(H,13,14)/t6-,7-/m0/s1. The van der Waals surface area contributed by atoms with Crippen LogP contribution >= 0.6 is 0 Å². The molecule has 0 heterocycles. The third kappa shape index (κ3) is 5.55. The molecule has 0 bridgehead atoms. The zero-order chi connectivity index (χ0) is 12.9. The third-order valence-electron chi connectivity index (χ3n) is 1.89. The first-order valence-electron chi connectivity index (χ1n) is 5.07. The molecule has 0 fully saturated rings. The third-order valence-corrected chi connectivity index (χ3v) is 1.89. The number of carboxylic acid groups (broad SMARTS) is 1. The SMILES string of the molecule is CN[C@@H](C)[C@H](NC(=O)OC(C)(C)C)C(=O)O. The summed E-state index contributed by atoms with van der Waals surface area (Å²) in [7, 11) is 1.62. The van der Waals surface area contributed by atoms with E-state index < -0.39 is 23.7 Å². The first kappa shape index (κ1) is 14.7. The van der Waals surface area contributed by atoms with Gasteiger partial charge in [0.25, 0.3) is 0 Å². The zero-order valence-corrected chi connectivity index (χ0v) is 10.3. The number of carboxylic acids is 1. The van der Waals surface area contributed by atoms with Gasteiger partial charge in [0.1, 0.15) is 11.6 Å². The molecule has 94 valence electrons. The highest BCUT2D eigenvalue weighted by Gasteiger charge is 2.27. The van der Waals surface area contributed by atoms with Crippen LogP contribution in [0.1, 0.15) is 27.7 Å². The molecule has 0 saturated carbocycles. The average molecular weight is 232 g/mol. The molecule has 0 aromatic heterocycles. The maximum absolute atomic E-state index is 11.4. The van der Waals surface area contributed by atoms with Gasteiger partial charge >= 0.3 is 12.1 Å². The van der Waals surface area contributed by atoms with Gasteiger partial charge in [0.05, 0.1) is 0 Å². The Kier molecular flexibility index (Phi) is 5.23. The topological polar surface area (TPSA) is 87.7 Å². The number of nitrogens with one attached hydrogen (secondary N) is 2. The second-order valence-electron chi connectivity index (χ2n) is 4.54. The largest absolute Gasteiger partial charge is 0.480 e. The summed E-state index contributed by atoms with van der Waals surface area (Å²) in [5.41, 5.74) is -0.643. The predicted octanol–water partition coefficient (Wildman–Crippen LogP) is 0.572. The molecule has 0 rings (SSSR count). The number of likely N-dealkylation sites (N-methyl/N-ethyl adjacent to an activating group) is 1. The van der Waals surface area contributed by atoms with Crippen molar-refractivity contribution >= 4 is 12.1 Å². The smallest absolute Gasteiger partial charge is 0.408 e. The van der Waals surface area contributed by atoms with E-state index in [1.54, 1.807) is 34.7 Å². The van der Waals surface area contributed by atoms with Gasteiger partial charge in [-0.15, -0.1) is 0 Å². The molecule has 1 amide bonds. The van der Waals surface area contributed by atoms with E-state index in [9.17, 15) is 9.59 Å². The zero-order valence-electron chi connectivity index (χ0n) is 10.3. The Morgan fingerprint density at radius 2 is 1.81 bits per heavy atom. The number of carbonyl (C=O) groups is 2. The number of hydrogen-bond donors (Lipinski definition) is 3. The summed E-state index contributed by atoms with van der Waals surface area (Å²) in [4.78, 5) is 22.3. The van der Waals surface area contributed by atoms with Crippen molar-refractivity contribution in [2.45, 2.75) is 45.4 Å². The van der Waals surface area contributed by atoms with Gasteiger partial charge < -0.3 is 20.5 Å². The summed E-state index contributed by atoms with van der Waals surface area (Å²) in [5.74, 6) is -1.10. The molecule has 16 heavy (non-hydrogen) atoms. The maximum atomic E-state index is 11.4. The lowest BCUT2D eigenvalue weighted by atomic mass is 10.1. The number of ether oxygens (including phenoxy) is 1. The molecule has 6 nitrogen and oxygen atoms in total. The van der Waals surface area contributed by atoms with Crippen LogP contribution in [0.5, 0.6) is 0 Å². The Hall–Kier alpha value is -1.30. The highest BCUT2D eigenvalue weighted by atomic mass is 16.6. The van der Waals surface area contributed by atoms with Gasteiger partial charge in [-0.1, -0.05) is 0 Å². The van der Waals surface area contributed by atoms with Gasteiger partial charge in [0.15, 0.2) is 0 Å². The molecule has 2 atom stereocenters. The highest BCUT2D eigenvalue weighted by molar-refractivity contribution is 5.80. The van der Waals surface area contributed by atoms with E-state index in [1.807, 2.05) is 0 Å². The molecule has 0 aliphatic carbocycles. The van der Waals surface area contributed by atoms with Gasteiger partial charge in [0.2, 0.25) is 0 Å². The van der Waals surface area contributed by atoms with Crippen molar-refractivity contribution in [1.82, 2.24) is 10.6 Å². The number of hydrogen-bond acceptors (Lipinski definition) is 4. The van der Waals surface area contributed by atoms with E-state index in [-0.39, 0.29) is 6.04 Å². The van der Waals surface area contributed by atoms with E-state index in [0.717, 1.165) is 0 Å². The van der Waals surface area contributed by atoms with E-state index in [2.05, 4.69) is 10.6 Å². The lowest BCUT2D eigenvalue weighted by molar-refractivity contribution is -0.140. The van der Waals surface area contributed by atoms with Crippen LogP contribution in [-0.2, 0) is 9.53 Å². The lowest BCUT2D eigenvalue weighted by Gasteiger charge is -2.24. The Balaban J connectivity index is 4.42. The molecule has 0 saturated heterocycles. The first-order chi connectivity index (χ1) is 7.17. The fourth-order valence-corrected chi connectivity index (χ4v) is 1.00. The number of carbonyl (C=O) groups excluding carboxylic acids is 1. The molecule has 3 N–H and O–H groups in total. The van der Waals surface area contributed by atoms with Crippen molar-refractivity contribution in [3.05, 3.63) is 0 Å². The predicted molar refractivity (Wildman–Crippen MR) is 59.3 cm³/mol. The lowest BCUT2D eigenvalue weighted by Crippen LogP contribution is -2.53. The van der Waals surface area contributed by atoms with Crippen LogP contribution in [-0.4, -0.2) is 41.9 Å². The Morgan fingerprint density at radius 1 is 1.31 bits per heavy atom. The molecule has 0 aromatic carbocycles. The van der Waals surface area contributed by atoms with Crippen molar-refractivity contribution in [1.29, 1.82) is 0 Å². The maximum Gasteiger partial charge on any atom is 0.408 e. The van der Waals surface area contributed by atoms with Crippen molar-refractivity contribution in [2.24, 2.45) is 0 Å². The second kappa shape index (κ2) is 5.69. The average Bonchev–Trinajstić information content (AvgIpc) is 2.09. The van der Waals surface area contributed by atoms with Crippen LogP contribution in [0.15, 0.2) is 0 Å². The van der Waals surface area contributed by atoms with Gasteiger partial charge in [-0.05, 0) is 34.7 Å². The Morgan fingerprint density at radius 3 is 2.12 bits per heavy atom. The molecule has 0 spiro atoms. The summed E-state index contributed by atoms with van der Waals surface area (Å²) < 4.78 is 4.97. The van der Waals surface area contributed by atoms with E-state index >= 15 is 0 Å². The van der Waals surface area contributed by atoms with Crippen LogP contribution in [0.3, 0.4) is 0 Å². The molecule has 0 aromatic rings. The summed E-state index contributed by atoms with van der Waals surface area (Å²) in [6.45, 7) is 6.80. The summed E-state index contributed by atoms with van der Waals surface area (Å²) in [5, 5.41) is 14.0. The van der Waals surface area contributed by atoms with Crippen LogP contribution < -0.4 is 10.6 Å². The highest BCUT2D eigenvalue weighted by Crippen LogP contribution is 2.07. The first-order valence-corrected chi connectivity index (χ1v) is 5.07. The summed E-state index contributed by atoms with van der Waals surface area (Å²) >= 11 is 0. The number of rotatable bonds is 4. The molecule has 0 aliphatic rings. The van der Waals surface area contributed by atoms with Crippen LogP contribution in [0, 0.1) is 0 Å². The minimum absolute atomic E-state index is 0.384. The number of alkyl carbamates (subject to hydrolysis) is 1. The fourth-order valence-electron chi connectivity index (χ4n) is 1.00. The minimum atomic E-state index is -1.10. The van der Waals surface area contributed by atoms with Crippen molar-refractivity contribution in [3.63, 3.8) is 0 Å². The fraction of sp³-hybridized carbons (Fsp3) is 0.800. The monoisotopic (exact) mass is 232 g/mol. The van der Waals surface area contributed by atoms with Gasteiger partial charge in [-0.2, -0.15) is 0 Å². The normalized spacial score (nSPS) is 15.1. The van der Waals surface area contributed by atoms with Gasteiger partial charge in [-0.25, -0.2) is 9.59 Å². The number of amides is 1. The Labute approximate surface area is 95.4 Å². The van der Waals surface area contributed by atoms with Gasteiger partial charge in [-0.3, -0.25) is 0 Å². The van der Waals surface area contributed by atoms with Gasteiger partial charge in [0, 0.05) is 6.04 Å². The molecule has 0 aliphatic heterocycles. The Bertz CT molecular complexity index is 260. The van der Waals surface area contributed by atoms with Crippen LogP contribution in [0.25, 0.3) is 0 Å². The van der Waals surface area contributed by atoms with E-state index in [0.29, 0.717) is 0 Å². The molecular weight excluding hydrogens is 212 g/mol. The molecule has 0 radical (unpaired) electrons. The van der Waals surface area contributed by atoms with Crippen molar-refractivity contribution in [3.8, 4) is 0 Å². The van der Waals surface area contributed by atoms with E-state index in [1.165, 1.54) is 0 Å². The second-order valence-corrected chi connectivity index (χ2v) is 4.54. The molecular formula is C10H20N2O4. The number of aliphatic carboxylic acids is 1. The summed E-state index contributed by atoms with van der Waals surface area (Å²) in [6.07, 6.45) is -0.734. The van der Waals surface area contributed by atoms with Crippen LogP contribution in [0.2, 0.25) is 0 Å². The molecule has 6 heteroatoms. The van der Waals surface area contributed by atoms with Crippen molar-refractivity contribution in [2.75, 3.05) is 7.05 Å². The molecule has 0 unspecified atom stereocenters. The summed E-state index contributed by atoms with van der Waals surface area (Å²) in [6, 6.07) is -1.40. The minimum Gasteiger partial charge on any atom is -0.480 e.